The molecule has 0 aliphatic rings. The van der Waals surface area contributed by atoms with E-state index in [1.807, 2.05) is 0 Å². The van der Waals surface area contributed by atoms with Crippen LogP contribution in [0.4, 0.5) is 0 Å². The molecule has 0 aromatic heterocycles. The summed E-state index contributed by atoms with van der Waals surface area (Å²) in [6.07, 6.45) is 12.0. The van der Waals surface area contributed by atoms with Gasteiger partial charge in [0.2, 0.25) is 0 Å². The van der Waals surface area contributed by atoms with Gasteiger partial charge in [-0.2, -0.15) is 0 Å². The molecule has 0 aromatic carbocycles. The fourth-order valence-electron chi connectivity index (χ4n) is 1.10. The van der Waals surface area contributed by atoms with Crippen molar-refractivity contribution in [2.24, 2.45) is 0 Å². The summed E-state index contributed by atoms with van der Waals surface area (Å²) >= 11 is 0. The molecule has 0 heterocycles. The third-order valence-electron chi connectivity index (χ3n) is 1.80. The van der Waals surface area contributed by atoms with Gasteiger partial charge in [0.25, 0.3) is 0 Å². The summed E-state index contributed by atoms with van der Waals surface area (Å²) in [5, 5.41) is 0. The number of unbranched alkanes of at least 4 members (excludes halogenated alkanes) is 7. The van der Waals surface area contributed by atoms with Crippen LogP contribution in [0.3, 0.4) is 0 Å². The van der Waals surface area contributed by atoms with E-state index in [1.54, 1.807) is 0 Å². The Labute approximate surface area is 66.0 Å². The second-order valence-corrected chi connectivity index (χ2v) is 2.90. The van der Waals surface area contributed by atoms with Crippen molar-refractivity contribution in [3.8, 4) is 0 Å². The summed E-state index contributed by atoms with van der Waals surface area (Å²) < 4.78 is 0. The highest BCUT2D eigenvalue weighted by Gasteiger charge is 1.87. The van der Waals surface area contributed by atoms with Crippen LogP contribution < -0.4 is 0 Å². The van der Waals surface area contributed by atoms with Gasteiger partial charge in [-0.3, -0.25) is 0 Å². The highest BCUT2D eigenvalue weighted by molar-refractivity contribution is 4.60. The molecule has 0 aromatic rings. The molecule has 10 heavy (non-hydrogen) atoms. The minimum Gasteiger partial charge on any atom is -0.0654 e. The smallest absolute Gasteiger partial charge is 0.0389 e. The Morgan fingerprint density at radius 3 is 2.20 bits per heavy atom. The van der Waals surface area contributed by atoms with Crippen molar-refractivity contribution >= 4 is 0 Å². The number of hydrogen-bond acceptors (Lipinski definition) is 0. The van der Waals surface area contributed by atoms with Gasteiger partial charge < -0.3 is 0 Å². The summed E-state index contributed by atoms with van der Waals surface area (Å²) in [5.74, 6) is 0. The molecule has 1 radical (unpaired) electrons. The van der Waals surface area contributed by atoms with E-state index in [-0.39, 0.29) is 0 Å². The van der Waals surface area contributed by atoms with Crippen LogP contribution in [0.15, 0.2) is 0 Å². The van der Waals surface area contributed by atoms with Crippen LogP contribution in [0.5, 0.6) is 0 Å². The van der Waals surface area contributed by atoms with Gasteiger partial charge in [0, 0.05) is 0 Å². The van der Waals surface area contributed by atoms with Gasteiger partial charge >= 0.3 is 0 Å². The third kappa shape index (κ3) is 8.00. The fraction of sp³-hybridized carbons (Fsp3) is 0.900. The molecule has 0 spiro atoms. The predicted molar refractivity (Wildman–Crippen MR) is 48.0 cm³/mol. The summed E-state index contributed by atoms with van der Waals surface area (Å²) in [6, 6.07) is 0. The summed E-state index contributed by atoms with van der Waals surface area (Å²) in [6.45, 7) is 4.48. The zero-order valence-corrected chi connectivity index (χ0v) is 7.53. The first-order valence-corrected chi connectivity index (χ1v) is 4.73. The molecule has 0 aliphatic heterocycles. The minimum absolute atomic E-state index is 1.24. The first-order chi connectivity index (χ1) is 4.91. The largest absolute Gasteiger partial charge is 0.0654 e. The third-order valence-corrected chi connectivity index (χ3v) is 1.80. The average Bonchev–Trinajstić information content (AvgIpc) is 1.97. The molecular formula is C10H21. The SMILES string of the molecule is CC[CH]CCCCCCC. The van der Waals surface area contributed by atoms with Crippen LogP contribution >= 0.6 is 0 Å². The molecule has 0 saturated heterocycles. The monoisotopic (exact) mass is 141 g/mol. The van der Waals surface area contributed by atoms with E-state index in [4.69, 9.17) is 0 Å². The van der Waals surface area contributed by atoms with Gasteiger partial charge in [-0.1, -0.05) is 58.8 Å². The van der Waals surface area contributed by atoms with E-state index < -0.39 is 0 Å². The summed E-state index contributed by atoms with van der Waals surface area (Å²) in [4.78, 5) is 0. The van der Waals surface area contributed by atoms with E-state index >= 15 is 0 Å². The Morgan fingerprint density at radius 2 is 1.60 bits per heavy atom. The summed E-state index contributed by atoms with van der Waals surface area (Å²) in [7, 11) is 0. The van der Waals surface area contributed by atoms with Crippen LogP contribution in [-0.4, -0.2) is 0 Å². The standard InChI is InChI=1S/C10H21/c1-3-5-7-9-10-8-6-4-2/h5H,3-4,6-10H2,1-2H3. The molecule has 0 amide bonds. The number of hydrogen-bond donors (Lipinski definition) is 0. The van der Waals surface area contributed by atoms with Gasteiger partial charge in [0.05, 0.1) is 0 Å². The van der Waals surface area contributed by atoms with Gasteiger partial charge in [0.15, 0.2) is 0 Å². The molecule has 61 valence electrons. The molecule has 0 rings (SSSR count). The lowest BCUT2D eigenvalue weighted by atomic mass is 10.1. The second-order valence-electron chi connectivity index (χ2n) is 2.90. The van der Waals surface area contributed by atoms with Crippen LogP contribution in [0.25, 0.3) is 0 Å². The lowest BCUT2D eigenvalue weighted by Crippen LogP contribution is -1.78. The van der Waals surface area contributed by atoms with Crippen molar-refractivity contribution in [2.75, 3.05) is 0 Å². The Morgan fingerprint density at radius 1 is 0.900 bits per heavy atom. The Bertz CT molecular complexity index is 40.0. The normalized spacial score (nSPS) is 10.2. The first kappa shape index (κ1) is 10.0. The molecule has 0 fully saturated rings. The van der Waals surface area contributed by atoms with Gasteiger partial charge in [-0.25, -0.2) is 0 Å². The zero-order valence-electron chi connectivity index (χ0n) is 7.53. The van der Waals surface area contributed by atoms with Gasteiger partial charge in [-0.05, 0) is 6.42 Å². The molecule has 0 aliphatic carbocycles. The first-order valence-electron chi connectivity index (χ1n) is 4.73. The van der Waals surface area contributed by atoms with Crippen molar-refractivity contribution in [1.29, 1.82) is 0 Å². The summed E-state index contributed by atoms with van der Waals surface area (Å²) in [5.41, 5.74) is 0. The molecule has 0 unspecified atom stereocenters. The maximum absolute atomic E-state index is 2.38. The topological polar surface area (TPSA) is 0 Å². The molecule has 0 atom stereocenters. The van der Waals surface area contributed by atoms with E-state index in [0.717, 1.165) is 0 Å². The van der Waals surface area contributed by atoms with Crippen LogP contribution in [0.2, 0.25) is 0 Å². The highest BCUT2D eigenvalue weighted by atomic mass is 13.9. The lowest BCUT2D eigenvalue weighted by molar-refractivity contribution is 0.624. The number of rotatable bonds is 7. The Hall–Kier alpha value is 0. The highest BCUT2D eigenvalue weighted by Crippen LogP contribution is 2.06. The second kappa shape index (κ2) is 9.00. The van der Waals surface area contributed by atoms with E-state index in [2.05, 4.69) is 20.3 Å². The van der Waals surface area contributed by atoms with Gasteiger partial charge in [-0.15, -0.1) is 0 Å². The van der Waals surface area contributed by atoms with Gasteiger partial charge in [0.1, 0.15) is 0 Å². The van der Waals surface area contributed by atoms with E-state index in [1.165, 1.54) is 44.9 Å². The Kier molecular flexibility index (Phi) is 9.00. The van der Waals surface area contributed by atoms with Crippen LogP contribution in [-0.2, 0) is 0 Å². The van der Waals surface area contributed by atoms with E-state index in [0.29, 0.717) is 0 Å². The van der Waals surface area contributed by atoms with Crippen molar-refractivity contribution in [3.05, 3.63) is 6.42 Å². The minimum atomic E-state index is 1.24. The molecule has 0 saturated carbocycles. The lowest BCUT2D eigenvalue weighted by Gasteiger charge is -1.97. The quantitative estimate of drug-likeness (QED) is 0.471. The van der Waals surface area contributed by atoms with Crippen LogP contribution in [0.1, 0.15) is 58.8 Å². The molecule has 0 bridgehead atoms. The van der Waals surface area contributed by atoms with Crippen molar-refractivity contribution in [3.63, 3.8) is 0 Å². The molecule has 0 N–H and O–H groups in total. The van der Waals surface area contributed by atoms with Crippen molar-refractivity contribution < 1.29 is 0 Å². The zero-order chi connectivity index (χ0) is 7.66. The molecule has 0 nitrogen and oxygen atoms in total. The predicted octanol–water partition coefficient (Wildman–Crippen LogP) is 3.96. The maximum atomic E-state index is 2.38. The Balaban J connectivity index is 2.65. The maximum Gasteiger partial charge on any atom is -0.0389 e. The molecular weight excluding hydrogens is 120 g/mol. The van der Waals surface area contributed by atoms with Crippen molar-refractivity contribution in [1.82, 2.24) is 0 Å². The average molecular weight is 141 g/mol. The van der Waals surface area contributed by atoms with Crippen LogP contribution in [0, 0.1) is 6.42 Å². The fourth-order valence-corrected chi connectivity index (χ4v) is 1.10. The molecule has 0 heteroatoms. The van der Waals surface area contributed by atoms with E-state index in [9.17, 15) is 0 Å². The van der Waals surface area contributed by atoms with Crippen molar-refractivity contribution in [2.45, 2.75) is 58.8 Å².